The summed E-state index contributed by atoms with van der Waals surface area (Å²) in [6.45, 7) is -0.0123. The second kappa shape index (κ2) is 7.37. The van der Waals surface area contributed by atoms with Crippen LogP contribution >= 0.6 is 0 Å². The number of carboxylic acids is 1. The summed E-state index contributed by atoms with van der Waals surface area (Å²) in [4.78, 5) is 23.1. The van der Waals surface area contributed by atoms with E-state index in [1.807, 2.05) is 53.8 Å². The van der Waals surface area contributed by atoms with Crippen LogP contribution in [0.25, 0.3) is 11.1 Å². The molecule has 142 valence electrons. The molecule has 0 saturated heterocycles. The van der Waals surface area contributed by atoms with Crippen molar-refractivity contribution in [2.24, 2.45) is 5.14 Å². The van der Waals surface area contributed by atoms with Crippen molar-refractivity contribution in [3.8, 4) is 11.1 Å². The van der Waals surface area contributed by atoms with Crippen LogP contribution in [-0.4, -0.2) is 44.0 Å². The van der Waals surface area contributed by atoms with Gasteiger partial charge in [0.05, 0.1) is 5.75 Å². The van der Waals surface area contributed by atoms with E-state index in [9.17, 15) is 18.0 Å². The van der Waals surface area contributed by atoms with Gasteiger partial charge in [-0.3, -0.25) is 0 Å². The minimum atomic E-state index is -4.08. The number of fused-ring (bicyclic) bond motifs is 3. The molecule has 3 rings (SSSR count). The van der Waals surface area contributed by atoms with Crippen molar-refractivity contribution in [3.05, 3.63) is 59.7 Å². The monoisotopic (exact) mass is 390 g/mol. The fourth-order valence-electron chi connectivity index (χ4n) is 3.19. The summed E-state index contributed by atoms with van der Waals surface area (Å²) in [7, 11) is -4.08. The number of amides is 1. The molecule has 27 heavy (non-hydrogen) atoms. The molecule has 2 aromatic rings. The molecule has 0 spiro atoms. The Balaban J connectivity index is 1.71. The molecule has 0 unspecified atom stereocenters. The first-order valence-corrected chi connectivity index (χ1v) is 9.82. The average Bonchev–Trinajstić information content (AvgIpc) is 2.92. The van der Waals surface area contributed by atoms with E-state index in [1.165, 1.54) is 0 Å². The van der Waals surface area contributed by atoms with Gasteiger partial charge in [-0.05, 0) is 22.3 Å². The zero-order valence-corrected chi connectivity index (χ0v) is 15.0. The predicted molar refractivity (Wildman–Crippen MR) is 97.6 cm³/mol. The summed E-state index contributed by atoms with van der Waals surface area (Å²) in [5.41, 5.74) is 4.12. The van der Waals surface area contributed by atoms with Crippen molar-refractivity contribution in [2.45, 2.75) is 12.0 Å². The van der Waals surface area contributed by atoms with E-state index in [0.29, 0.717) is 0 Å². The van der Waals surface area contributed by atoms with Gasteiger partial charge >= 0.3 is 12.1 Å². The molecule has 1 amide bonds. The molecule has 1 aliphatic rings. The number of carboxylic acid groups (broad SMARTS) is 1. The highest BCUT2D eigenvalue weighted by Gasteiger charge is 2.30. The topological polar surface area (TPSA) is 136 Å². The van der Waals surface area contributed by atoms with Crippen LogP contribution in [-0.2, 0) is 19.6 Å². The van der Waals surface area contributed by atoms with E-state index < -0.39 is 33.9 Å². The largest absolute Gasteiger partial charge is 0.480 e. The summed E-state index contributed by atoms with van der Waals surface area (Å²) in [6.07, 6.45) is -1.02. The molecule has 2 aromatic carbocycles. The maximum absolute atomic E-state index is 12.0. The van der Waals surface area contributed by atoms with Crippen LogP contribution in [0.1, 0.15) is 17.0 Å². The Kier molecular flexibility index (Phi) is 5.15. The Labute approximate surface area is 156 Å². The zero-order valence-electron chi connectivity index (χ0n) is 14.2. The normalized spacial score (nSPS) is 14.1. The van der Waals surface area contributed by atoms with Gasteiger partial charge in [0, 0.05) is 5.92 Å². The number of hydrogen-bond acceptors (Lipinski definition) is 5. The van der Waals surface area contributed by atoms with Gasteiger partial charge in [0.15, 0.2) is 0 Å². The third-order valence-corrected chi connectivity index (χ3v) is 5.13. The quantitative estimate of drug-likeness (QED) is 0.679. The summed E-state index contributed by atoms with van der Waals surface area (Å²) in [5.74, 6) is -2.63. The number of hydrogen-bond donors (Lipinski definition) is 3. The second-order valence-corrected chi connectivity index (χ2v) is 7.85. The molecule has 1 atom stereocenters. The number of alkyl carbamates (subject to hydrolysis) is 1. The number of rotatable bonds is 6. The van der Waals surface area contributed by atoms with Crippen molar-refractivity contribution in [1.29, 1.82) is 0 Å². The number of carbonyl (C=O) groups excluding carboxylic acids is 1. The summed E-state index contributed by atoms with van der Waals surface area (Å²) < 4.78 is 27.4. The van der Waals surface area contributed by atoms with E-state index in [-0.39, 0.29) is 12.5 Å². The average molecular weight is 390 g/mol. The van der Waals surface area contributed by atoms with Gasteiger partial charge in [-0.2, -0.15) is 0 Å². The third kappa shape index (κ3) is 4.26. The Morgan fingerprint density at radius 1 is 1.07 bits per heavy atom. The highest BCUT2D eigenvalue weighted by Crippen LogP contribution is 2.44. The van der Waals surface area contributed by atoms with Crippen LogP contribution in [0.5, 0.6) is 0 Å². The van der Waals surface area contributed by atoms with Crippen molar-refractivity contribution < 1.29 is 27.9 Å². The van der Waals surface area contributed by atoms with Crippen LogP contribution in [0.4, 0.5) is 4.79 Å². The van der Waals surface area contributed by atoms with Crippen molar-refractivity contribution >= 4 is 22.1 Å². The van der Waals surface area contributed by atoms with Crippen LogP contribution in [0.15, 0.2) is 48.5 Å². The summed E-state index contributed by atoms with van der Waals surface area (Å²) in [6, 6.07) is 13.8. The molecule has 0 bridgehead atoms. The predicted octanol–water partition coefficient (Wildman–Crippen LogP) is 1.27. The van der Waals surface area contributed by atoms with Crippen LogP contribution in [0.3, 0.4) is 0 Å². The Morgan fingerprint density at radius 2 is 1.59 bits per heavy atom. The lowest BCUT2D eigenvalue weighted by atomic mass is 9.98. The minimum Gasteiger partial charge on any atom is -0.480 e. The van der Waals surface area contributed by atoms with Gasteiger partial charge in [0.1, 0.15) is 12.6 Å². The molecule has 0 aliphatic heterocycles. The Hall–Kier alpha value is -2.91. The van der Waals surface area contributed by atoms with Gasteiger partial charge < -0.3 is 15.2 Å². The molecular weight excluding hydrogens is 372 g/mol. The first kappa shape index (κ1) is 18.9. The highest BCUT2D eigenvalue weighted by molar-refractivity contribution is 7.89. The Morgan fingerprint density at radius 3 is 2.07 bits per heavy atom. The number of nitrogens with two attached hydrogens (primary N) is 1. The van der Waals surface area contributed by atoms with E-state index in [4.69, 9.17) is 15.0 Å². The number of ether oxygens (including phenoxy) is 1. The van der Waals surface area contributed by atoms with Gasteiger partial charge in [-0.25, -0.2) is 23.1 Å². The number of primary sulfonamides is 1. The van der Waals surface area contributed by atoms with Crippen molar-refractivity contribution in [3.63, 3.8) is 0 Å². The third-order valence-electron chi connectivity index (χ3n) is 4.33. The molecule has 0 aromatic heterocycles. The smallest absolute Gasteiger partial charge is 0.407 e. The lowest BCUT2D eigenvalue weighted by molar-refractivity contribution is -0.138. The molecule has 0 radical (unpaired) electrons. The zero-order chi connectivity index (χ0) is 19.6. The SMILES string of the molecule is NS(=O)(=O)C[C@H](NC(=O)OCC1c2ccccc2-c2ccccc21)C(=O)O. The standard InChI is InChI=1S/C18H18N2O6S/c19-27(24,25)10-16(17(21)22)20-18(23)26-9-15-13-7-3-1-5-11(13)12-6-2-4-8-14(12)15/h1-8,15-16H,9-10H2,(H,20,23)(H,21,22)(H2,19,24,25)/t16-/m0/s1. The van der Waals surface area contributed by atoms with E-state index in [1.54, 1.807) is 0 Å². The molecule has 4 N–H and O–H groups in total. The molecule has 0 saturated carbocycles. The highest BCUT2D eigenvalue weighted by atomic mass is 32.2. The molecular formula is C18H18N2O6S. The fourth-order valence-corrected chi connectivity index (χ4v) is 3.88. The van der Waals surface area contributed by atoms with E-state index in [0.717, 1.165) is 22.3 Å². The van der Waals surface area contributed by atoms with Crippen molar-refractivity contribution in [2.75, 3.05) is 12.4 Å². The lowest BCUT2D eigenvalue weighted by Crippen LogP contribution is -2.47. The molecule has 0 heterocycles. The maximum atomic E-state index is 12.0. The number of carbonyl (C=O) groups is 2. The van der Waals surface area contributed by atoms with Gasteiger partial charge in [0.25, 0.3) is 0 Å². The molecule has 8 nitrogen and oxygen atoms in total. The number of benzene rings is 2. The van der Waals surface area contributed by atoms with Gasteiger partial charge in [0.2, 0.25) is 10.0 Å². The van der Waals surface area contributed by atoms with Crippen LogP contribution < -0.4 is 10.5 Å². The van der Waals surface area contributed by atoms with Gasteiger partial charge in [-0.1, -0.05) is 48.5 Å². The molecule has 0 fully saturated rings. The summed E-state index contributed by atoms with van der Waals surface area (Å²) in [5, 5.41) is 15.9. The lowest BCUT2D eigenvalue weighted by Gasteiger charge is -2.17. The number of aliphatic carboxylic acids is 1. The van der Waals surface area contributed by atoms with Gasteiger partial charge in [-0.15, -0.1) is 0 Å². The molecule has 1 aliphatic carbocycles. The van der Waals surface area contributed by atoms with E-state index in [2.05, 4.69) is 0 Å². The van der Waals surface area contributed by atoms with Crippen LogP contribution in [0, 0.1) is 0 Å². The molecule has 9 heteroatoms. The second-order valence-electron chi connectivity index (χ2n) is 6.19. The number of nitrogens with one attached hydrogen (secondary N) is 1. The van der Waals surface area contributed by atoms with E-state index >= 15 is 0 Å². The number of sulfonamides is 1. The first-order chi connectivity index (χ1) is 12.8. The fraction of sp³-hybridized carbons (Fsp3) is 0.222. The first-order valence-electron chi connectivity index (χ1n) is 8.11. The van der Waals surface area contributed by atoms with Crippen LogP contribution in [0.2, 0.25) is 0 Å². The maximum Gasteiger partial charge on any atom is 0.407 e. The Bertz CT molecular complexity index is 943. The minimum absolute atomic E-state index is 0.0123. The van der Waals surface area contributed by atoms with Crippen molar-refractivity contribution in [1.82, 2.24) is 5.32 Å². The summed E-state index contributed by atoms with van der Waals surface area (Å²) >= 11 is 0.